The molecule has 2 fully saturated rings. The first-order chi connectivity index (χ1) is 31.1. The Morgan fingerprint density at radius 1 is 0.773 bits per heavy atom. The molecule has 366 valence electrons. The summed E-state index contributed by atoms with van der Waals surface area (Å²) in [6.07, 6.45) is 2.27. The van der Waals surface area contributed by atoms with E-state index in [9.17, 15) is 48.4 Å². The van der Waals surface area contributed by atoms with Gasteiger partial charge in [0.2, 0.25) is 47.3 Å². The Balaban J connectivity index is 1.66. The lowest BCUT2D eigenvalue weighted by molar-refractivity contribution is -0.148. The minimum absolute atomic E-state index is 0.00247. The van der Waals surface area contributed by atoms with E-state index in [4.69, 9.17) is 17.2 Å². The highest BCUT2D eigenvalue weighted by Crippen LogP contribution is 2.26. The van der Waals surface area contributed by atoms with Crippen molar-refractivity contribution in [3.8, 4) is 0 Å². The largest absolute Gasteiger partial charge is 0.475 e. The number of nitrogens with two attached hydrogens (primary N) is 3. The Hall–Kier alpha value is -5.81. The average Bonchev–Trinajstić information content (AvgIpc) is 3.96. The van der Waals surface area contributed by atoms with Gasteiger partial charge in [-0.15, -0.1) is 0 Å². The zero-order valence-electron chi connectivity index (χ0n) is 39.0. The number of guanidine groups is 1. The number of benzene rings is 1. The lowest BCUT2D eigenvalue weighted by Gasteiger charge is -2.34. The third kappa shape index (κ3) is 16.9. The van der Waals surface area contributed by atoms with E-state index in [1.165, 1.54) is 23.6 Å². The normalized spacial score (nSPS) is 18.5. The van der Waals surface area contributed by atoms with Crippen LogP contribution in [0, 0.1) is 11.8 Å². The predicted molar refractivity (Wildman–Crippen MR) is 246 cm³/mol. The van der Waals surface area contributed by atoms with Gasteiger partial charge >= 0.3 is 7.12 Å². The molecule has 2 aliphatic heterocycles. The van der Waals surface area contributed by atoms with Gasteiger partial charge in [0.05, 0.1) is 18.5 Å². The van der Waals surface area contributed by atoms with E-state index in [0.717, 1.165) is 0 Å². The quantitative estimate of drug-likeness (QED) is 0.0212. The molecule has 3 rings (SSSR count). The molecule has 14 N–H and O–H groups in total. The molecule has 22 nitrogen and oxygen atoms in total. The first-order valence-corrected chi connectivity index (χ1v) is 22.7. The van der Waals surface area contributed by atoms with Crippen LogP contribution >= 0.6 is 0 Å². The smallest absolute Gasteiger partial charge is 0.426 e. The summed E-state index contributed by atoms with van der Waals surface area (Å²) in [5.74, 6) is -6.31. The third-order valence-corrected chi connectivity index (χ3v) is 11.4. The van der Waals surface area contributed by atoms with Crippen LogP contribution in [-0.2, 0) is 44.8 Å². The molecule has 8 amide bonds. The molecule has 0 spiro atoms. The fraction of sp³-hybridized carbons (Fsp3) is 0.651. The van der Waals surface area contributed by atoms with E-state index in [2.05, 4.69) is 36.9 Å². The van der Waals surface area contributed by atoms with Crippen molar-refractivity contribution in [1.29, 1.82) is 0 Å². The number of hydrogen-bond donors (Lipinski definition) is 11. The van der Waals surface area contributed by atoms with E-state index >= 15 is 0 Å². The molecule has 0 radical (unpaired) electrons. The van der Waals surface area contributed by atoms with Crippen LogP contribution in [0.4, 0.5) is 0 Å². The van der Waals surface area contributed by atoms with Gasteiger partial charge in [-0.2, -0.15) is 0 Å². The summed E-state index contributed by atoms with van der Waals surface area (Å²) in [6, 6.07) is 1.69. The van der Waals surface area contributed by atoms with Crippen LogP contribution < -0.4 is 49.1 Å². The lowest BCUT2D eigenvalue weighted by atomic mass is 9.75. The van der Waals surface area contributed by atoms with Gasteiger partial charge in [-0.25, -0.2) is 0 Å². The molecule has 66 heavy (non-hydrogen) atoms. The van der Waals surface area contributed by atoms with Gasteiger partial charge in [-0.05, 0) is 76.2 Å². The molecule has 0 saturated carbocycles. The molecule has 1 aromatic carbocycles. The lowest BCUT2D eigenvalue weighted by Crippen LogP contribution is -2.59. The summed E-state index contributed by atoms with van der Waals surface area (Å²) in [5.41, 5.74) is 17.3. The molecule has 0 unspecified atom stereocenters. The van der Waals surface area contributed by atoms with E-state index in [-0.39, 0.29) is 56.6 Å². The Bertz CT molecular complexity index is 1870. The molecule has 0 aliphatic carbocycles. The van der Waals surface area contributed by atoms with Gasteiger partial charge in [-0.1, -0.05) is 58.0 Å². The maximum absolute atomic E-state index is 13.9. The van der Waals surface area contributed by atoms with Crippen LogP contribution in [0.15, 0.2) is 35.3 Å². The maximum Gasteiger partial charge on any atom is 0.475 e. The molecule has 8 atom stereocenters. The first-order valence-electron chi connectivity index (χ1n) is 22.7. The number of carbonyl (C=O) groups excluding carboxylic acids is 8. The number of rotatable bonds is 24. The second-order valence-corrected chi connectivity index (χ2v) is 17.8. The monoisotopic (exact) mass is 927 g/mol. The van der Waals surface area contributed by atoms with Crippen molar-refractivity contribution in [2.45, 2.75) is 141 Å². The SMILES string of the molecule is CC(C)C[C@H](NC(=O)[C@H](Cc1ccccc1)NC(=O)[C@H](CCCN=C(N)N)NC(=O)[C@H](C)NC(=O)CNC(=O)[C@@H]1CCCN1C(=O)[C@@H]1CCCN1C(=O)[C@@H](NC(=O)[C@H](C)N)C(C)C)B(O)O. The van der Waals surface area contributed by atoms with Gasteiger partial charge in [0.25, 0.3) is 0 Å². The fourth-order valence-corrected chi connectivity index (χ4v) is 7.85. The van der Waals surface area contributed by atoms with Gasteiger partial charge in [-0.3, -0.25) is 43.3 Å². The summed E-state index contributed by atoms with van der Waals surface area (Å²) in [6.45, 7) is 10.3. The van der Waals surface area contributed by atoms with E-state index < -0.39 is 109 Å². The number of nitrogens with zero attached hydrogens (tertiary/aromatic N) is 3. The summed E-state index contributed by atoms with van der Waals surface area (Å²) in [4.78, 5) is 114. The fourth-order valence-electron chi connectivity index (χ4n) is 7.85. The molecule has 23 heteroatoms. The van der Waals surface area contributed by atoms with Crippen LogP contribution in [0.1, 0.15) is 92.1 Å². The number of aliphatic imine (C=N–C) groups is 1. The number of likely N-dealkylation sites (tertiary alicyclic amines) is 2. The van der Waals surface area contributed by atoms with Gasteiger partial charge in [0, 0.05) is 26.1 Å². The molecule has 2 saturated heterocycles. The summed E-state index contributed by atoms with van der Waals surface area (Å²) < 4.78 is 0. The third-order valence-electron chi connectivity index (χ3n) is 11.4. The van der Waals surface area contributed by atoms with Crippen molar-refractivity contribution in [1.82, 2.24) is 41.7 Å². The summed E-state index contributed by atoms with van der Waals surface area (Å²) in [7, 11) is -1.86. The van der Waals surface area contributed by atoms with Crippen LogP contribution in [-0.4, -0.2) is 155 Å². The highest BCUT2D eigenvalue weighted by atomic mass is 16.4. The average molecular weight is 927 g/mol. The van der Waals surface area contributed by atoms with Crippen molar-refractivity contribution in [2.24, 2.45) is 34.0 Å². The Kier molecular flexibility index (Phi) is 21.8. The molecule has 0 aromatic heterocycles. The molecule has 2 aliphatic rings. The van der Waals surface area contributed by atoms with Crippen molar-refractivity contribution >= 4 is 60.3 Å². The maximum atomic E-state index is 13.9. The first kappa shape index (κ1) is 54.5. The van der Waals surface area contributed by atoms with Gasteiger partial charge < -0.3 is 68.9 Å². The van der Waals surface area contributed by atoms with Gasteiger partial charge in [0.1, 0.15) is 36.3 Å². The van der Waals surface area contributed by atoms with Crippen molar-refractivity contribution in [2.75, 3.05) is 26.2 Å². The van der Waals surface area contributed by atoms with Crippen molar-refractivity contribution in [3.05, 3.63) is 35.9 Å². The molecule has 2 heterocycles. The molecule has 0 bridgehead atoms. The number of hydrogen-bond acceptors (Lipinski definition) is 12. The Morgan fingerprint density at radius 3 is 1.97 bits per heavy atom. The minimum atomic E-state index is -1.86. The number of amides is 8. The Labute approximate surface area is 386 Å². The zero-order valence-corrected chi connectivity index (χ0v) is 39.0. The molecular weight excluding hydrogens is 855 g/mol. The molecular formula is C43H71BN12O10. The van der Waals surface area contributed by atoms with Crippen LogP contribution in [0.2, 0.25) is 0 Å². The van der Waals surface area contributed by atoms with Crippen LogP contribution in [0.25, 0.3) is 0 Å². The second kappa shape index (κ2) is 26.4. The molecule has 1 aromatic rings. The van der Waals surface area contributed by atoms with Crippen molar-refractivity contribution in [3.63, 3.8) is 0 Å². The van der Waals surface area contributed by atoms with Crippen molar-refractivity contribution < 1.29 is 48.4 Å². The van der Waals surface area contributed by atoms with E-state index in [0.29, 0.717) is 37.8 Å². The predicted octanol–water partition coefficient (Wildman–Crippen LogP) is -3.11. The van der Waals surface area contributed by atoms with E-state index in [1.54, 1.807) is 44.2 Å². The number of nitrogens with one attached hydrogen (secondary N) is 6. The highest BCUT2D eigenvalue weighted by molar-refractivity contribution is 6.43. The summed E-state index contributed by atoms with van der Waals surface area (Å²) in [5, 5.41) is 35.6. The standard InChI is InChI=1S/C43H71BN12O10/c1-24(2)21-33(44(65)66)53-39(61)30(22-28-13-8-7-9-14-28)52-38(60)29(15-10-18-48-43(46)47)51-37(59)27(6)50-34(57)23-49-40(62)31-16-11-19-55(31)41(63)32-17-12-20-56(32)42(64)35(25(3)4)54-36(58)26(5)45/h7-9,13-14,24-27,29-33,35,65-66H,10-12,15-23,45H2,1-6H3,(H,49,62)(H,50,57)(H,51,59)(H,52,60)(H,53,61)(H,54,58)(H4,46,47,48)/t26-,27-,29-,30-,31-,32-,33-,35-/m0/s1. The zero-order chi connectivity index (χ0) is 49.2. The van der Waals surface area contributed by atoms with Crippen LogP contribution in [0.3, 0.4) is 0 Å². The number of carbonyl (C=O) groups is 8. The van der Waals surface area contributed by atoms with Gasteiger partial charge in [0.15, 0.2) is 5.96 Å². The van der Waals surface area contributed by atoms with Crippen LogP contribution in [0.5, 0.6) is 0 Å². The van der Waals surface area contributed by atoms with E-state index in [1.807, 2.05) is 13.8 Å². The topological polar surface area (TPSA) is 346 Å². The second-order valence-electron chi connectivity index (χ2n) is 17.8. The Morgan fingerprint density at radius 2 is 1.38 bits per heavy atom. The minimum Gasteiger partial charge on any atom is -0.426 e. The summed E-state index contributed by atoms with van der Waals surface area (Å²) >= 11 is 0. The highest BCUT2D eigenvalue weighted by Gasteiger charge is 2.44.